The van der Waals surface area contributed by atoms with Gasteiger partial charge < -0.3 is 9.73 Å². The monoisotopic (exact) mass is 389 g/mol. The molecule has 1 atom stereocenters. The second kappa shape index (κ2) is 6.77. The lowest BCUT2D eigenvalue weighted by Gasteiger charge is -2.29. The molecule has 6 heteroatoms. The molecular weight excluding hydrogens is 370 g/mol. The van der Waals surface area contributed by atoms with E-state index in [2.05, 4.69) is 15.1 Å². The van der Waals surface area contributed by atoms with Crippen molar-refractivity contribution in [3.63, 3.8) is 0 Å². The third-order valence-electron chi connectivity index (χ3n) is 4.91. The van der Waals surface area contributed by atoms with E-state index in [9.17, 15) is 4.79 Å². The van der Waals surface area contributed by atoms with Crippen molar-refractivity contribution < 1.29 is 4.42 Å². The molecule has 1 aromatic carbocycles. The smallest absolute Gasteiger partial charge is 0.195 e. The van der Waals surface area contributed by atoms with Gasteiger partial charge >= 0.3 is 0 Å². The Morgan fingerprint density at radius 2 is 2.00 bits per heavy atom. The molecular formula is C22H19N3O2S. The Hall–Kier alpha value is -3.17. The van der Waals surface area contributed by atoms with E-state index >= 15 is 0 Å². The normalized spacial score (nSPS) is 17.0. The van der Waals surface area contributed by atoms with Crippen molar-refractivity contribution in [2.24, 2.45) is 0 Å². The van der Waals surface area contributed by atoms with E-state index in [1.54, 1.807) is 24.3 Å². The van der Waals surface area contributed by atoms with Crippen molar-refractivity contribution in [2.75, 3.05) is 0 Å². The molecule has 3 heterocycles. The summed E-state index contributed by atoms with van der Waals surface area (Å²) in [4.78, 5) is 21.0. The molecule has 28 heavy (non-hydrogen) atoms. The lowest BCUT2D eigenvalue weighted by atomic mass is 9.83. The quantitative estimate of drug-likeness (QED) is 0.617. The number of allylic oxidation sites excluding steroid dienone is 3. The Morgan fingerprint density at radius 1 is 1.21 bits per heavy atom. The van der Waals surface area contributed by atoms with Crippen LogP contribution in [-0.2, 0) is 0 Å². The highest BCUT2D eigenvalue weighted by Crippen LogP contribution is 2.46. The summed E-state index contributed by atoms with van der Waals surface area (Å²) in [7, 11) is 0. The van der Waals surface area contributed by atoms with E-state index in [1.807, 2.05) is 38.3 Å². The van der Waals surface area contributed by atoms with Crippen LogP contribution < -0.4 is 10.7 Å². The van der Waals surface area contributed by atoms with Gasteiger partial charge in [-0.3, -0.25) is 4.79 Å². The molecule has 0 bridgehead atoms. The van der Waals surface area contributed by atoms with Crippen LogP contribution in [0.15, 0.2) is 55.9 Å². The number of nitrogens with one attached hydrogen (secondary N) is 1. The average molecular weight is 389 g/mol. The van der Waals surface area contributed by atoms with E-state index < -0.39 is 0 Å². The number of nitrogens with zero attached hydrogens (tertiary/aromatic N) is 2. The summed E-state index contributed by atoms with van der Waals surface area (Å²) in [6.07, 6.45) is 0. The van der Waals surface area contributed by atoms with Gasteiger partial charge in [0.15, 0.2) is 11.1 Å². The number of aromatic nitrogens is 1. The fourth-order valence-electron chi connectivity index (χ4n) is 3.74. The molecule has 0 saturated heterocycles. The van der Waals surface area contributed by atoms with Gasteiger partial charge in [-0.05, 0) is 39.3 Å². The number of hydrogen-bond donors (Lipinski definition) is 1. The molecule has 140 valence electrons. The SMILES string of the molecule is [C-]#[N+]C1=C(C)NC(C)=C(c2nc(C)cs2)C1c1cccc2c(=O)cc(C)oc12. The lowest BCUT2D eigenvalue weighted by molar-refractivity contribution is 0.560. The number of dihydropyridines is 1. The van der Waals surface area contributed by atoms with Crippen LogP contribution in [-0.4, -0.2) is 4.98 Å². The van der Waals surface area contributed by atoms with Gasteiger partial charge in [-0.15, -0.1) is 11.3 Å². The molecule has 1 unspecified atom stereocenters. The molecule has 0 fully saturated rings. The van der Waals surface area contributed by atoms with E-state index in [1.165, 1.54) is 6.07 Å². The standard InChI is InChI=1S/C22H19N3O2S/c1-11-10-28-22(24-11)18-13(3)25-14(4)20(23-5)19(18)16-8-6-7-15-17(26)9-12(2)27-21(15)16/h6-10,19,25H,1-4H3. The Bertz CT molecular complexity index is 1270. The van der Waals surface area contributed by atoms with Crippen LogP contribution in [0.4, 0.5) is 0 Å². The number of fused-ring (bicyclic) bond motifs is 1. The Kier molecular flexibility index (Phi) is 4.40. The predicted molar refractivity (Wildman–Crippen MR) is 112 cm³/mol. The summed E-state index contributed by atoms with van der Waals surface area (Å²) < 4.78 is 5.99. The molecule has 3 aromatic rings. The highest BCUT2D eigenvalue weighted by atomic mass is 32.1. The molecule has 0 amide bonds. The molecule has 5 nitrogen and oxygen atoms in total. The van der Waals surface area contributed by atoms with Gasteiger partial charge in [0.25, 0.3) is 0 Å². The molecule has 4 rings (SSSR count). The van der Waals surface area contributed by atoms with Crippen LogP contribution in [0.3, 0.4) is 0 Å². The first-order valence-electron chi connectivity index (χ1n) is 8.92. The maximum Gasteiger partial charge on any atom is 0.195 e. The number of aryl methyl sites for hydroxylation is 2. The Labute approximate surface area is 166 Å². The van der Waals surface area contributed by atoms with Crippen molar-refractivity contribution >= 4 is 27.9 Å². The number of hydrogen-bond acceptors (Lipinski definition) is 5. The van der Waals surface area contributed by atoms with Crippen LogP contribution in [0.2, 0.25) is 0 Å². The van der Waals surface area contributed by atoms with Crippen molar-refractivity contribution in [2.45, 2.75) is 33.6 Å². The van der Waals surface area contributed by atoms with Crippen LogP contribution in [0.1, 0.15) is 41.8 Å². The van der Waals surface area contributed by atoms with Gasteiger partial charge in [0.05, 0.1) is 17.9 Å². The predicted octanol–water partition coefficient (Wildman–Crippen LogP) is 5.14. The minimum atomic E-state index is -0.349. The Morgan fingerprint density at radius 3 is 2.68 bits per heavy atom. The third kappa shape index (κ3) is 2.85. The minimum Gasteiger partial charge on any atom is -0.461 e. The second-order valence-electron chi connectivity index (χ2n) is 6.96. The van der Waals surface area contributed by atoms with E-state index in [4.69, 9.17) is 11.0 Å². The first-order chi connectivity index (χ1) is 13.4. The molecule has 1 aliphatic rings. The zero-order valence-electron chi connectivity index (χ0n) is 16.1. The summed E-state index contributed by atoms with van der Waals surface area (Å²) in [5.74, 6) is 0.203. The molecule has 0 aliphatic carbocycles. The van der Waals surface area contributed by atoms with Crippen LogP contribution >= 0.6 is 11.3 Å². The number of rotatable bonds is 2. The highest BCUT2D eigenvalue weighted by Gasteiger charge is 2.34. The Balaban J connectivity index is 2.07. The van der Waals surface area contributed by atoms with Gasteiger partial charge in [0, 0.05) is 34.1 Å². The second-order valence-corrected chi connectivity index (χ2v) is 7.82. The first-order valence-corrected chi connectivity index (χ1v) is 9.80. The van der Waals surface area contributed by atoms with E-state index in [-0.39, 0.29) is 11.3 Å². The number of thiazole rings is 1. The van der Waals surface area contributed by atoms with Gasteiger partial charge in [-0.1, -0.05) is 12.1 Å². The largest absolute Gasteiger partial charge is 0.461 e. The van der Waals surface area contributed by atoms with E-state index in [0.29, 0.717) is 22.4 Å². The molecule has 2 aromatic heterocycles. The molecule has 0 saturated carbocycles. The number of para-hydroxylation sites is 1. The van der Waals surface area contributed by atoms with Crippen molar-refractivity contribution in [3.05, 3.63) is 90.4 Å². The highest BCUT2D eigenvalue weighted by molar-refractivity contribution is 7.10. The first kappa shape index (κ1) is 18.2. The van der Waals surface area contributed by atoms with Crippen molar-refractivity contribution in [3.8, 4) is 0 Å². The molecule has 0 spiro atoms. The van der Waals surface area contributed by atoms with Crippen molar-refractivity contribution in [1.82, 2.24) is 10.3 Å². The number of benzene rings is 1. The van der Waals surface area contributed by atoms with E-state index in [0.717, 1.165) is 33.2 Å². The molecule has 0 radical (unpaired) electrons. The maximum atomic E-state index is 12.5. The molecule has 1 aliphatic heterocycles. The summed E-state index contributed by atoms with van der Waals surface area (Å²) in [5, 5.41) is 6.72. The average Bonchev–Trinajstić information content (AvgIpc) is 3.06. The third-order valence-corrected chi connectivity index (χ3v) is 5.91. The fraction of sp³-hybridized carbons (Fsp3) is 0.227. The van der Waals surface area contributed by atoms with Gasteiger partial charge in [0.1, 0.15) is 16.4 Å². The van der Waals surface area contributed by atoms with Crippen LogP contribution in [0, 0.1) is 20.4 Å². The fourth-order valence-corrected chi connectivity index (χ4v) is 4.67. The summed E-state index contributed by atoms with van der Waals surface area (Å²) in [6.45, 7) is 15.4. The zero-order chi connectivity index (χ0) is 20.0. The van der Waals surface area contributed by atoms with Gasteiger partial charge in [-0.2, -0.15) is 0 Å². The van der Waals surface area contributed by atoms with Crippen LogP contribution in [0.25, 0.3) is 21.4 Å². The summed E-state index contributed by atoms with van der Waals surface area (Å²) in [6, 6.07) is 7.05. The summed E-state index contributed by atoms with van der Waals surface area (Å²) in [5.41, 5.74) is 5.51. The topological polar surface area (TPSA) is 59.5 Å². The minimum absolute atomic E-state index is 0.0769. The maximum absolute atomic E-state index is 12.5. The molecule has 1 N–H and O–H groups in total. The van der Waals surface area contributed by atoms with Gasteiger partial charge in [-0.25, -0.2) is 9.83 Å². The van der Waals surface area contributed by atoms with Crippen LogP contribution in [0.5, 0.6) is 0 Å². The van der Waals surface area contributed by atoms with Crippen molar-refractivity contribution in [1.29, 1.82) is 0 Å². The lowest BCUT2D eigenvalue weighted by Crippen LogP contribution is -2.23. The summed E-state index contributed by atoms with van der Waals surface area (Å²) >= 11 is 1.56. The van der Waals surface area contributed by atoms with Gasteiger partial charge in [0.2, 0.25) is 0 Å². The zero-order valence-corrected chi connectivity index (χ0v) is 16.9.